The van der Waals surface area contributed by atoms with Crippen molar-refractivity contribution in [3.05, 3.63) is 41.8 Å². The molecule has 2 atom stereocenters. The Morgan fingerprint density at radius 1 is 1.17 bits per heavy atom. The number of aromatic nitrogens is 3. The SMILES string of the molecule is CC(C)[C@@H](Nc1nc(Nc2ccc3cnn(C)c3c2)c(C(N)=O)cc1F)[C@H](C)CC(=O)OC(C)(C)C. The fraction of sp³-hybridized carbons (Fsp3) is 0.462. The van der Waals surface area contributed by atoms with Gasteiger partial charge in [0.1, 0.15) is 11.4 Å². The number of fused-ring (bicyclic) bond motifs is 1. The number of rotatable bonds is 9. The fourth-order valence-electron chi connectivity index (χ4n) is 4.13. The Bertz CT molecular complexity index is 1260. The van der Waals surface area contributed by atoms with E-state index in [2.05, 4.69) is 20.7 Å². The van der Waals surface area contributed by atoms with E-state index < -0.39 is 17.3 Å². The van der Waals surface area contributed by atoms with Gasteiger partial charge in [0.25, 0.3) is 5.91 Å². The highest BCUT2D eigenvalue weighted by Gasteiger charge is 2.28. The molecule has 2 heterocycles. The summed E-state index contributed by atoms with van der Waals surface area (Å²) in [6.45, 7) is 11.3. The van der Waals surface area contributed by atoms with Crippen LogP contribution >= 0.6 is 0 Å². The second kappa shape index (κ2) is 10.5. The zero-order valence-corrected chi connectivity index (χ0v) is 21.8. The van der Waals surface area contributed by atoms with E-state index in [0.29, 0.717) is 5.69 Å². The maximum atomic E-state index is 15.1. The molecule has 4 N–H and O–H groups in total. The standard InChI is InChI=1S/C26H35FN6O3/c1-14(2)22(15(3)10-21(34)36-26(4,5)6)31-25-19(27)12-18(23(28)35)24(32-25)30-17-9-8-16-13-29-33(7)20(16)11-17/h8-9,11-15,22H,10H2,1-7H3,(H2,28,35)(H2,30,31,32)/t15-,22-/m1/s1. The lowest BCUT2D eigenvalue weighted by atomic mass is 9.89. The molecule has 10 heteroatoms. The van der Waals surface area contributed by atoms with E-state index in [4.69, 9.17) is 10.5 Å². The number of carbonyl (C=O) groups is 2. The average molecular weight is 499 g/mol. The summed E-state index contributed by atoms with van der Waals surface area (Å²) in [6, 6.07) is 6.32. The monoisotopic (exact) mass is 498 g/mol. The van der Waals surface area contributed by atoms with Crippen LogP contribution in [0.3, 0.4) is 0 Å². The Morgan fingerprint density at radius 3 is 2.47 bits per heavy atom. The molecule has 3 rings (SSSR count). The highest BCUT2D eigenvalue weighted by molar-refractivity contribution is 5.99. The lowest BCUT2D eigenvalue weighted by Crippen LogP contribution is -2.36. The Morgan fingerprint density at radius 2 is 1.86 bits per heavy atom. The molecule has 194 valence electrons. The maximum absolute atomic E-state index is 15.1. The molecular weight excluding hydrogens is 463 g/mol. The minimum atomic E-state index is -0.809. The summed E-state index contributed by atoms with van der Waals surface area (Å²) in [7, 11) is 1.82. The second-order valence-corrected chi connectivity index (χ2v) is 10.4. The zero-order valence-electron chi connectivity index (χ0n) is 21.8. The minimum Gasteiger partial charge on any atom is -0.460 e. The summed E-state index contributed by atoms with van der Waals surface area (Å²) >= 11 is 0. The summed E-state index contributed by atoms with van der Waals surface area (Å²) in [5, 5.41) is 11.4. The van der Waals surface area contributed by atoms with E-state index in [9.17, 15) is 9.59 Å². The first-order valence-corrected chi connectivity index (χ1v) is 11.9. The molecular formula is C26H35FN6O3. The largest absolute Gasteiger partial charge is 0.460 e. The molecule has 36 heavy (non-hydrogen) atoms. The van der Waals surface area contributed by atoms with E-state index in [1.807, 2.05) is 66.8 Å². The topological polar surface area (TPSA) is 124 Å². The molecule has 0 radical (unpaired) electrons. The van der Waals surface area contributed by atoms with Gasteiger partial charge in [0, 0.05) is 24.2 Å². The summed E-state index contributed by atoms with van der Waals surface area (Å²) in [6.07, 6.45) is 1.90. The summed E-state index contributed by atoms with van der Waals surface area (Å²) < 4.78 is 22.2. The number of nitrogens with zero attached hydrogens (tertiary/aromatic N) is 3. The first-order valence-electron chi connectivity index (χ1n) is 11.9. The van der Waals surface area contributed by atoms with Gasteiger partial charge < -0.3 is 21.1 Å². The van der Waals surface area contributed by atoms with E-state index in [-0.39, 0.29) is 47.5 Å². The number of amides is 1. The van der Waals surface area contributed by atoms with E-state index >= 15 is 4.39 Å². The van der Waals surface area contributed by atoms with Crippen LogP contribution in [0.5, 0.6) is 0 Å². The van der Waals surface area contributed by atoms with Gasteiger partial charge in [0.2, 0.25) is 0 Å². The van der Waals surface area contributed by atoms with E-state index in [0.717, 1.165) is 17.0 Å². The van der Waals surface area contributed by atoms with Gasteiger partial charge in [-0.3, -0.25) is 14.3 Å². The van der Waals surface area contributed by atoms with Gasteiger partial charge in [0.05, 0.1) is 23.7 Å². The highest BCUT2D eigenvalue weighted by atomic mass is 19.1. The predicted octanol–water partition coefficient (Wildman–Crippen LogP) is 4.75. The van der Waals surface area contributed by atoms with Crippen LogP contribution in [-0.2, 0) is 16.6 Å². The minimum absolute atomic E-state index is 0.0427. The molecule has 0 fully saturated rings. The van der Waals surface area contributed by atoms with Crippen LogP contribution in [0.15, 0.2) is 30.5 Å². The first-order chi connectivity index (χ1) is 16.7. The van der Waals surface area contributed by atoms with Crippen molar-refractivity contribution in [2.24, 2.45) is 24.6 Å². The Kier molecular flexibility index (Phi) is 7.86. The molecule has 3 aromatic rings. The summed E-state index contributed by atoms with van der Waals surface area (Å²) in [4.78, 5) is 28.8. The number of pyridine rings is 1. The van der Waals surface area contributed by atoms with Crippen LogP contribution in [0.2, 0.25) is 0 Å². The third-order valence-electron chi connectivity index (χ3n) is 5.80. The lowest BCUT2D eigenvalue weighted by molar-refractivity contribution is -0.156. The number of primary amides is 1. The van der Waals surface area contributed by atoms with Crippen molar-refractivity contribution < 1.29 is 18.7 Å². The smallest absolute Gasteiger partial charge is 0.306 e. The average Bonchev–Trinajstić information content (AvgIpc) is 3.11. The predicted molar refractivity (Wildman–Crippen MR) is 139 cm³/mol. The van der Waals surface area contributed by atoms with Crippen molar-refractivity contribution >= 4 is 40.1 Å². The quantitative estimate of drug-likeness (QED) is 0.364. The van der Waals surface area contributed by atoms with Gasteiger partial charge in [-0.2, -0.15) is 5.10 Å². The molecule has 0 saturated carbocycles. The number of benzene rings is 1. The molecule has 1 aromatic carbocycles. The van der Waals surface area contributed by atoms with Crippen LogP contribution in [0.25, 0.3) is 10.9 Å². The molecule has 0 spiro atoms. The van der Waals surface area contributed by atoms with Crippen LogP contribution in [-0.4, -0.2) is 38.3 Å². The fourth-order valence-corrected chi connectivity index (χ4v) is 4.13. The number of aryl methyl sites for hydroxylation is 1. The number of hydrogen-bond acceptors (Lipinski definition) is 7. The van der Waals surface area contributed by atoms with Crippen molar-refractivity contribution in [3.8, 4) is 0 Å². The van der Waals surface area contributed by atoms with Crippen LogP contribution in [0, 0.1) is 17.7 Å². The Hall–Kier alpha value is -3.69. The summed E-state index contributed by atoms with van der Waals surface area (Å²) in [5.74, 6) is -1.91. The molecule has 0 aliphatic heterocycles. The Labute approximate surface area is 210 Å². The van der Waals surface area contributed by atoms with Gasteiger partial charge >= 0.3 is 5.97 Å². The molecule has 9 nitrogen and oxygen atoms in total. The Balaban J connectivity index is 1.90. The number of nitrogens with two attached hydrogens (primary N) is 1. The van der Waals surface area contributed by atoms with Crippen LogP contribution in [0.4, 0.5) is 21.7 Å². The third-order valence-corrected chi connectivity index (χ3v) is 5.80. The van der Waals surface area contributed by atoms with Gasteiger partial charge in [-0.15, -0.1) is 0 Å². The van der Waals surface area contributed by atoms with Crippen molar-refractivity contribution in [2.75, 3.05) is 10.6 Å². The van der Waals surface area contributed by atoms with Crippen molar-refractivity contribution in [1.29, 1.82) is 0 Å². The number of anilines is 3. The third kappa shape index (κ3) is 6.50. The molecule has 0 aliphatic rings. The van der Waals surface area contributed by atoms with Crippen LogP contribution in [0.1, 0.15) is 58.3 Å². The number of esters is 1. The van der Waals surface area contributed by atoms with Crippen molar-refractivity contribution in [3.63, 3.8) is 0 Å². The molecule has 2 aromatic heterocycles. The summed E-state index contributed by atoms with van der Waals surface area (Å²) in [5.41, 5.74) is 6.36. The van der Waals surface area contributed by atoms with Gasteiger partial charge in [-0.05, 0) is 56.9 Å². The number of carbonyl (C=O) groups excluding carboxylic acids is 2. The maximum Gasteiger partial charge on any atom is 0.306 e. The van der Waals surface area contributed by atoms with Crippen molar-refractivity contribution in [2.45, 2.75) is 59.6 Å². The second-order valence-electron chi connectivity index (χ2n) is 10.4. The van der Waals surface area contributed by atoms with Gasteiger partial charge in [-0.1, -0.05) is 20.8 Å². The lowest BCUT2D eigenvalue weighted by Gasteiger charge is -2.30. The molecule has 0 aliphatic carbocycles. The molecule has 0 bridgehead atoms. The normalized spacial score (nSPS) is 13.5. The first kappa shape index (κ1) is 26.9. The van der Waals surface area contributed by atoms with Crippen molar-refractivity contribution in [1.82, 2.24) is 14.8 Å². The van der Waals surface area contributed by atoms with E-state index in [1.165, 1.54) is 0 Å². The van der Waals surface area contributed by atoms with Gasteiger partial charge in [-0.25, -0.2) is 9.37 Å². The molecule has 1 amide bonds. The number of ether oxygens (including phenoxy) is 1. The van der Waals surface area contributed by atoms with E-state index in [1.54, 1.807) is 10.9 Å². The molecule has 0 unspecified atom stereocenters. The van der Waals surface area contributed by atoms with Gasteiger partial charge in [0.15, 0.2) is 11.6 Å². The highest BCUT2D eigenvalue weighted by Crippen LogP contribution is 2.28. The number of hydrogen-bond donors (Lipinski definition) is 3. The number of nitrogens with one attached hydrogen (secondary N) is 2. The van der Waals surface area contributed by atoms with Crippen LogP contribution < -0.4 is 16.4 Å². The number of halogens is 1. The molecule has 0 saturated heterocycles. The zero-order chi connectivity index (χ0) is 26.8.